The number of halogens is 2. The van der Waals surface area contributed by atoms with E-state index in [1.807, 2.05) is 0 Å². The number of nitrogens with zero attached hydrogens (tertiary/aromatic N) is 1. The van der Waals surface area contributed by atoms with Gasteiger partial charge in [-0.25, -0.2) is 0 Å². The van der Waals surface area contributed by atoms with E-state index < -0.39 is 0 Å². The molecule has 0 aliphatic carbocycles. The first kappa shape index (κ1) is 23.2. The topological polar surface area (TPSA) is 44.4 Å². The summed E-state index contributed by atoms with van der Waals surface area (Å²) in [6.45, 7) is 5.54. The van der Waals surface area contributed by atoms with Crippen LogP contribution < -0.4 is 10.6 Å². The highest BCUT2D eigenvalue weighted by Crippen LogP contribution is 2.15. The van der Waals surface area contributed by atoms with Crippen molar-refractivity contribution in [2.75, 3.05) is 32.7 Å². The van der Waals surface area contributed by atoms with Gasteiger partial charge in [0.1, 0.15) is 0 Å². The third kappa shape index (κ3) is 7.83. The standard InChI is InChI=1S/C20H31N3O.2ClH/c24-20(7-6-18-8-12-21-16-18)22-19-10-14-23(15-11-19)13-9-17-4-2-1-3-5-17;;/h1-5,18-19,21H,6-16H2,(H,22,24);2*1H. The highest BCUT2D eigenvalue weighted by molar-refractivity contribution is 5.85. The zero-order valence-electron chi connectivity index (χ0n) is 15.5. The Labute approximate surface area is 170 Å². The molecule has 1 aromatic carbocycles. The van der Waals surface area contributed by atoms with Crippen LogP contribution in [0, 0.1) is 5.92 Å². The number of nitrogens with one attached hydrogen (secondary N) is 2. The average Bonchev–Trinajstić information content (AvgIpc) is 3.14. The monoisotopic (exact) mass is 401 g/mol. The van der Waals surface area contributed by atoms with Crippen LogP contribution in [0.1, 0.15) is 37.7 Å². The molecule has 1 unspecified atom stereocenters. The molecule has 2 aliphatic heterocycles. The van der Waals surface area contributed by atoms with Gasteiger partial charge in [-0.1, -0.05) is 30.3 Å². The van der Waals surface area contributed by atoms with Gasteiger partial charge in [-0.2, -0.15) is 0 Å². The second-order valence-electron chi connectivity index (χ2n) is 7.32. The molecule has 148 valence electrons. The minimum atomic E-state index is 0. The lowest BCUT2D eigenvalue weighted by molar-refractivity contribution is -0.122. The Kier molecular flexibility index (Phi) is 11.2. The van der Waals surface area contributed by atoms with Gasteiger partial charge in [-0.3, -0.25) is 4.79 Å². The van der Waals surface area contributed by atoms with E-state index in [0.29, 0.717) is 18.4 Å². The van der Waals surface area contributed by atoms with E-state index in [1.54, 1.807) is 0 Å². The zero-order valence-corrected chi connectivity index (χ0v) is 17.1. The fourth-order valence-corrected chi connectivity index (χ4v) is 3.83. The van der Waals surface area contributed by atoms with Crippen LogP contribution in [-0.4, -0.2) is 49.6 Å². The molecule has 2 aliphatic rings. The number of carbonyl (C=O) groups excluding carboxylic acids is 1. The maximum atomic E-state index is 12.1. The van der Waals surface area contributed by atoms with Crippen molar-refractivity contribution in [1.82, 2.24) is 15.5 Å². The van der Waals surface area contributed by atoms with Gasteiger partial charge in [0.15, 0.2) is 0 Å². The Hall–Kier alpha value is -0.810. The summed E-state index contributed by atoms with van der Waals surface area (Å²) in [5.41, 5.74) is 1.41. The number of likely N-dealkylation sites (tertiary alicyclic amines) is 1. The number of benzene rings is 1. The SMILES string of the molecule is Cl.Cl.O=C(CCC1CCNC1)NC1CCN(CCc2ccccc2)CC1. The van der Waals surface area contributed by atoms with Crippen molar-refractivity contribution in [3.05, 3.63) is 35.9 Å². The summed E-state index contributed by atoms with van der Waals surface area (Å²) in [6, 6.07) is 11.1. The van der Waals surface area contributed by atoms with Gasteiger partial charge in [-0.15, -0.1) is 24.8 Å². The van der Waals surface area contributed by atoms with Crippen molar-refractivity contribution in [3.63, 3.8) is 0 Å². The lowest BCUT2D eigenvalue weighted by Crippen LogP contribution is -2.45. The van der Waals surface area contributed by atoms with Crippen LogP contribution in [0.25, 0.3) is 0 Å². The number of amides is 1. The van der Waals surface area contributed by atoms with Crippen LogP contribution in [0.2, 0.25) is 0 Å². The van der Waals surface area contributed by atoms with Crippen molar-refractivity contribution in [2.45, 2.75) is 44.6 Å². The van der Waals surface area contributed by atoms with Crippen LogP contribution in [0.5, 0.6) is 0 Å². The molecule has 4 nitrogen and oxygen atoms in total. The first-order valence-electron chi connectivity index (χ1n) is 9.56. The Morgan fingerprint density at radius 1 is 1.12 bits per heavy atom. The molecule has 0 aromatic heterocycles. The number of carbonyl (C=O) groups is 1. The molecule has 1 aromatic rings. The molecule has 1 amide bonds. The Morgan fingerprint density at radius 2 is 1.85 bits per heavy atom. The minimum absolute atomic E-state index is 0. The molecular weight excluding hydrogens is 369 g/mol. The third-order valence-corrected chi connectivity index (χ3v) is 5.45. The van der Waals surface area contributed by atoms with Crippen LogP contribution in [0.3, 0.4) is 0 Å². The van der Waals surface area contributed by atoms with E-state index in [1.165, 1.54) is 12.0 Å². The third-order valence-electron chi connectivity index (χ3n) is 5.45. The maximum absolute atomic E-state index is 12.1. The van der Waals surface area contributed by atoms with Gasteiger partial charge < -0.3 is 15.5 Å². The van der Waals surface area contributed by atoms with E-state index in [4.69, 9.17) is 0 Å². The molecule has 0 radical (unpaired) electrons. The molecular formula is C20H33Cl2N3O. The maximum Gasteiger partial charge on any atom is 0.220 e. The zero-order chi connectivity index (χ0) is 16.6. The van der Waals surface area contributed by atoms with Gasteiger partial charge >= 0.3 is 0 Å². The van der Waals surface area contributed by atoms with E-state index in [0.717, 1.165) is 58.4 Å². The molecule has 2 fully saturated rings. The second kappa shape index (κ2) is 12.6. The average molecular weight is 402 g/mol. The fourth-order valence-electron chi connectivity index (χ4n) is 3.83. The summed E-state index contributed by atoms with van der Waals surface area (Å²) in [4.78, 5) is 14.6. The van der Waals surface area contributed by atoms with Crippen LogP contribution in [0.15, 0.2) is 30.3 Å². The normalized spacial score (nSPS) is 20.8. The Bertz CT molecular complexity index is 501. The van der Waals surface area contributed by atoms with Gasteiger partial charge in [0, 0.05) is 32.1 Å². The largest absolute Gasteiger partial charge is 0.353 e. The highest BCUT2D eigenvalue weighted by Gasteiger charge is 2.21. The molecule has 0 spiro atoms. The van der Waals surface area contributed by atoms with Crippen molar-refractivity contribution < 1.29 is 4.79 Å². The summed E-state index contributed by atoms with van der Waals surface area (Å²) in [5, 5.41) is 6.62. The predicted molar refractivity (Wildman–Crippen MR) is 112 cm³/mol. The molecule has 6 heteroatoms. The predicted octanol–water partition coefficient (Wildman–Crippen LogP) is 3.04. The lowest BCUT2D eigenvalue weighted by atomic mass is 10.0. The number of piperidine rings is 1. The Balaban J connectivity index is 0.00000169. The van der Waals surface area contributed by atoms with Crippen molar-refractivity contribution in [3.8, 4) is 0 Å². The summed E-state index contributed by atoms with van der Waals surface area (Å²) < 4.78 is 0. The number of rotatable bonds is 7. The fraction of sp³-hybridized carbons (Fsp3) is 0.650. The molecule has 2 heterocycles. The number of hydrogen-bond donors (Lipinski definition) is 2. The van der Waals surface area contributed by atoms with E-state index in [9.17, 15) is 4.79 Å². The first-order chi connectivity index (χ1) is 11.8. The van der Waals surface area contributed by atoms with E-state index >= 15 is 0 Å². The van der Waals surface area contributed by atoms with Crippen molar-refractivity contribution in [2.24, 2.45) is 5.92 Å². The first-order valence-corrected chi connectivity index (χ1v) is 9.56. The van der Waals surface area contributed by atoms with E-state index in [-0.39, 0.29) is 30.7 Å². The quantitative estimate of drug-likeness (QED) is 0.737. The summed E-state index contributed by atoms with van der Waals surface area (Å²) in [6.07, 6.45) is 6.26. The second-order valence-corrected chi connectivity index (χ2v) is 7.32. The minimum Gasteiger partial charge on any atom is -0.353 e. The highest BCUT2D eigenvalue weighted by atomic mass is 35.5. The van der Waals surface area contributed by atoms with Gasteiger partial charge in [-0.05, 0) is 56.7 Å². The molecule has 26 heavy (non-hydrogen) atoms. The molecule has 2 saturated heterocycles. The molecule has 0 saturated carbocycles. The van der Waals surface area contributed by atoms with Crippen LogP contribution >= 0.6 is 24.8 Å². The summed E-state index contributed by atoms with van der Waals surface area (Å²) in [7, 11) is 0. The van der Waals surface area contributed by atoms with Crippen LogP contribution in [-0.2, 0) is 11.2 Å². The van der Waals surface area contributed by atoms with E-state index in [2.05, 4.69) is 45.9 Å². The molecule has 3 rings (SSSR count). The smallest absolute Gasteiger partial charge is 0.220 e. The molecule has 0 bridgehead atoms. The van der Waals surface area contributed by atoms with Crippen molar-refractivity contribution >= 4 is 30.7 Å². The number of hydrogen-bond acceptors (Lipinski definition) is 3. The lowest BCUT2D eigenvalue weighted by Gasteiger charge is -2.32. The van der Waals surface area contributed by atoms with Crippen molar-refractivity contribution in [1.29, 1.82) is 0 Å². The molecule has 2 N–H and O–H groups in total. The summed E-state index contributed by atoms with van der Waals surface area (Å²) in [5.74, 6) is 0.959. The van der Waals surface area contributed by atoms with Gasteiger partial charge in [0.2, 0.25) is 5.91 Å². The van der Waals surface area contributed by atoms with Gasteiger partial charge in [0.05, 0.1) is 0 Å². The van der Waals surface area contributed by atoms with Crippen LogP contribution in [0.4, 0.5) is 0 Å². The summed E-state index contributed by atoms with van der Waals surface area (Å²) >= 11 is 0. The Morgan fingerprint density at radius 3 is 2.50 bits per heavy atom. The molecule has 1 atom stereocenters. The van der Waals surface area contributed by atoms with Gasteiger partial charge in [0.25, 0.3) is 0 Å².